The fraction of sp³-hybridized carbons (Fsp3) is 0.462. The standard InChI is InChI=1S/C13H16O3/c14-11-8-12(16-13(15)9-11)7-6-10-4-2-1-3-5-10/h1-5,11-12,14H,6-9H2/t11-,12+/m0/s1. The number of esters is 1. The van der Waals surface area contributed by atoms with Crippen molar-refractivity contribution in [2.24, 2.45) is 0 Å². The van der Waals surface area contributed by atoms with Gasteiger partial charge in [0.25, 0.3) is 0 Å². The zero-order valence-corrected chi connectivity index (χ0v) is 9.13. The first-order chi connectivity index (χ1) is 7.74. The van der Waals surface area contributed by atoms with Crippen molar-refractivity contribution < 1.29 is 14.6 Å². The molecule has 1 N–H and O–H groups in total. The molecule has 1 saturated heterocycles. The molecule has 86 valence electrons. The zero-order valence-electron chi connectivity index (χ0n) is 9.13. The van der Waals surface area contributed by atoms with E-state index in [0.29, 0.717) is 6.42 Å². The van der Waals surface area contributed by atoms with Gasteiger partial charge in [0, 0.05) is 6.42 Å². The Labute approximate surface area is 95.0 Å². The van der Waals surface area contributed by atoms with E-state index < -0.39 is 6.10 Å². The maximum atomic E-state index is 11.1. The molecule has 1 aliphatic rings. The van der Waals surface area contributed by atoms with Crippen LogP contribution in [-0.2, 0) is 16.0 Å². The van der Waals surface area contributed by atoms with Crippen LogP contribution in [0.1, 0.15) is 24.8 Å². The van der Waals surface area contributed by atoms with Crippen LogP contribution in [0.5, 0.6) is 0 Å². The Morgan fingerprint density at radius 2 is 2.06 bits per heavy atom. The number of cyclic esters (lactones) is 1. The van der Waals surface area contributed by atoms with E-state index >= 15 is 0 Å². The van der Waals surface area contributed by atoms with E-state index in [-0.39, 0.29) is 18.5 Å². The Balaban J connectivity index is 1.84. The van der Waals surface area contributed by atoms with Crippen molar-refractivity contribution in [1.82, 2.24) is 0 Å². The summed E-state index contributed by atoms with van der Waals surface area (Å²) in [5.74, 6) is -0.281. The molecular weight excluding hydrogens is 204 g/mol. The van der Waals surface area contributed by atoms with Crippen molar-refractivity contribution in [3.63, 3.8) is 0 Å². The molecule has 0 unspecified atom stereocenters. The molecule has 1 aliphatic heterocycles. The van der Waals surface area contributed by atoms with E-state index in [2.05, 4.69) is 12.1 Å². The normalized spacial score (nSPS) is 25.2. The van der Waals surface area contributed by atoms with Crippen molar-refractivity contribution in [2.45, 2.75) is 37.9 Å². The molecule has 1 fully saturated rings. The van der Waals surface area contributed by atoms with Crippen LogP contribution >= 0.6 is 0 Å². The van der Waals surface area contributed by atoms with E-state index in [1.54, 1.807) is 0 Å². The van der Waals surface area contributed by atoms with E-state index in [4.69, 9.17) is 4.74 Å². The minimum Gasteiger partial charge on any atom is -0.462 e. The SMILES string of the molecule is O=C1C[C@@H](O)C[C@@H](CCc2ccccc2)O1. The Morgan fingerprint density at radius 1 is 1.31 bits per heavy atom. The number of aliphatic hydroxyl groups is 1. The number of hydrogen-bond donors (Lipinski definition) is 1. The first kappa shape index (κ1) is 11.1. The molecule has 3 heteroatoms. The Bertz CT molecular complexity index is 347. The maximum Gasteiger partial charge on any atom is 0.308 e. The molecule has 0 spiro atoms. The smallest absolute Gasteiger partial charge is 0.308 e. The summed E-state index contributed by atoms with van der Waals surface area (Å²) in [6.07, 6.45) is 1.72. The van der Waals surface area contributed by atoms with Crippen molar-refractivity contribution in [2.75, 3.05) is 0 Å². The molecule has 16 heavy (non-hydrogen) atoms. The van der Waals surface area contributed by atoms with Crippen LogP contribution in [0.25, 0.3) is 0 Å². The summed E-state index contributed by atoms with van der Waals surface area (Å²) in [4.78, 5) is 11.1. The number of aliphatic hydroxyl groups excluding tert-OH is 1. The van der Waals surface area contributed by atoms with Crippen LogP contribution in [0.15, 0.2) is 30.3 Å². The fourth-order valence-electron chi connectivity index (χ4n) is 2.01. The summed E-state index contributed by atoms with van der Waals surface area (Å²) >= 11 is 0. The second-order valence-electron chi connectivity index (χ2n) is 4.23. The molecule has 0 radical (unpaired) electrons. The predicted molar refractivity (Wildman–Crippen MR) is 59.9 cm³/mol. The van der Waals surface area contributed by atoms with Crippen LogP contribution in [-0.4, -0.2) is 23.3 Å². The summed E-state index contributed by atoms with van der Waals surface area (Å²) in [6.45, 7) is 0. The lowest BCUT2D eigenvalue weighted by Gasteiger charge is -2.25. The molecular formula is C13H16O3. The molecule has 0 aromatic heterocycles. The third-order valence-electron chi connectivity index (χ3n) is 2.83. The van der Waals surface area contributed by atoms with Gasteiger partial charge in [0.05, 0.1) is 12.5 Å². The van der Waals surface area contributed by atoms with Crippen molar-refractivity contribution in [3.05, 3.63) is 35.9 Å². The van der Waals surface area contributed by atoms with Crippen molar-refractivity contribution in [1.29, 1.82) is 0 Å². The lowest BCUT2D eigenvalue weighted by atomic mass is 9.99. The van der Waals surface area contributed by atoms with Gasteiger partial charge in [-0.3, -0.25) is 4.79 Å². The lowest BCUT2D eigenvalue weighted by molar-refractivity contribution is -0.160. The van der Waals surface area contributed by atoms with Gasteiger partial charge in [0.15, 0.2) is 0 Å². The molecule has 0 bridgehead atoms. The maximum absolute atomic E-state index is 11.1. The minimum absolute atomic E-state index is 0.128. The third kappa shape index (κ3) is 3.07. The highest BCUT2D eigenvalue weighted by molar-refractivity contribution is 5.70. The van der Waals surface area contributed by atoms with Gasteiger partial charge in [-0.1, -0.05) is 30.3 Å². The zero-order chi connectivity index (χ0) is 11.4. The second-order valence-corrected chi connectivity index (χ2v) is 4.23. The quantitative estimate of drug-likeness (QED) is 0.788. The predicted octanol–water partition coefficient (Wildman–Crippen LogP) is 1.69. The first-order valence-corrected chi connectivity index (χ1v) is 5.65. The summed E-state index contributed by atoms with van der Waals surface area (Å²) < 4.78 is 5.18. The van der Waals surface area contributed by atoms with Crippen molar-refractivity contribution in [3.8, 4) is 0 Å². The molecule has 0 aliphatic carbocycles. The number of benzene rings is 1. The lowest BCUT2D eigenvalue weighted by Crippen LogP contribution is -2.32. The monoisotopic (exact) mass is 220 g/mol. The fourth-order valence-corrected chi connectivity index (χ4v) is 2.01. The molecule has 1 aromatic rings. The van der Waals surface area contributed by atoms with Gasteiger partial charge in [-0.2, -0.15) is 0 Å². The van der Waals surface area contributed by atoms with Crippen LogP contribution in [0.3, 0.4) is 0 Å². The highest BCUT2D eigenvalue weighted by Crippen LogP contribution is 2.19. The topological polar surface area (TPSA) is 46.5 Å². The van der Waals surface area contributed by atoms with E-state index in [9.17, 15) is 9.90 Å². The molecule has 3 nitrogen and oxygen atoms in total. The Morgan fingerprint density at radius 3 is 2.75 bits per heavy atom. The summed E-state index contributed by atoms with van der Waals surface area (Å²) in [5, 5.41) is 9.45. The van der Waals surface area contributed by atoms with Gasteiger partial charge in [-0.25, -0.2) is 0 Å². The van der Waals surface area contributed by atoms with Gasteiger partial charge >= 0.3 is 5.97 Å². The van der Waals surface area contributed by atoms with E-state index in [1.807, 2.05) is 18.2 Å². The first-order valence-electron chi connectivity index (χ1n) is 5.65. The average Bonchev–Trinajstić information content (AvgIpc) is 2.27. The number of ether oxygens (including phenoxy) is 1. The molecule has 2 atom stereocenters. The Kier molecular flexibility index (Phi) is 3.57. The Hall–Kier alpha value is -1.35. The molecule has 2 rings (SSSR count). The number of aryl methyl sites for hydroxylation is 1. The number of rotatable bonds is 3. The number of carbonyl (C=O) groups excluding carboxylic acids is 1. The summed E-state index contributed by atoms with van der Waals surface area (Å²) in [5.41, 5.74) is 1.23. The van der Waals surface area contributed by atoms with Gasteiger partial charge in [0.2, 0.25) is 0 Å². The van der Waals surface area contributed by atoms with Crippen molar-refractivity contribution >= 4 is 5.97 Å². The van der Waals surface area contributed by atoms with E-state index in [0.717, 1.165) is 12.8 Å². The molecule has 1 heterocycles. The van der Waals surface area contributed by atoms with Crippen LogP contribution < -0.4 is 0 Å². The third-order valence-corrected chi connectivity index (χ3v) is 2.83. The molecule has 0 saturated carbocycles. The molecule has 0 amide bonds. The minimum atomic E-state index is -0.526. The second kappa shape index (κ2) is 5.12. The average molecular weight is 220 g/mol. The van der Waals surface area contributed by atoms with Gasteiger partial charge in [-0.15, -0.1) is 0 Å². The van der Waals surface area contributed by atoms with Gasteiger partial charge < -0.3 is 9.84 Å². The number of hydrogen-bond acceptors (Lipinski definition) is 3. The highest BCUT2D eigenvalue weighted by atomic mass is 16.5. The van der Waals surface area contributed by atoms with Gasteiger partial charge in [-0.05, 0) is 18.4 Å². The molecule has 1 aromatic carbocycles. The van der Waals surface area contributed by atoms with Crippen LogP contribution in [0.2, 0.25) is 0 Å². The number of carbonyl (C=O) groups is 1. The largest absolute Gasteiger partial charge is 0.462 e. The highest BCUT2D eigenvalue weighted by Gasteiger charge is 2.26. The van der Waals surface area contributed by atoms with Crippen LogP contribution in [0, 0.1) is 0 Å². The van der Waals surface area contributed by atoms with Gasteiger partial charge in [0.1, 0.15) is 6.10 Å². The summed E-state index contributed by atoms with van der Waals surface area (Å²) in [6, 6.07) is 10.1. The van der Waals surface area contributed by atoms with E-state index in [1.165, 1.54) is 5.56 Å². The summed E-state index contributed by atoms with van der Waals surface area (Å²) in [7, 11) is 0. The van der Waals surface area contributed by atoms with Crippen LogP contribution in [0.4, 0.5) is 0 Å².